The van der Waals surface area contributed by atoms with Crippen molar-refractivity contribution in [3.8, 4) is 0 Å². The summed E-state index contributed by atoms with van der Waals surface area (Å²) in [6, 6.07) is 7.85. The Hall–Kier alpha value is -2.21. The molecule has 3 aromatic rings. The highest BCUT2D eigenvalue weighted by atomic mass is 32.1. The lowest BCUT2D eigenvalue weighted by molar-refractivity contribution is 0.0990. The number of carbonyl (C=O) groups excluding carboxylic acids is 1. The number of thiazole rings is 1. The van der Waals surface area contributed by atoms with Crippen LogP contribution in [-0.4, -0.2) is 23.1 Å². The number of nitrogens with zero attached hydrogens (tertiary/aromatic N) is 3. The summed E-state index contributed by atoms with van der Waals surface area (Å²) in [5.74, 6) is 0.584. The predicted molar refractivity (Wildman–Crippen MR) is 87.7 cm³/mol. The van der Waals surface area contributed by atoms with Crippen molar-refractivity contribution >= 4 is 32.6 Å². The van der Waals surface area contributed by atoms with E-state index in [-0.39, 0.29) is 11.8 Å². The Morgan fingerprint density at radius 3 is 2.73 bits per heavy atom. The molecule has 6 heteroatoms. The van der Waals surface area contributed by atoms with Crippen LogP contribution in [0.15, 0.2) is 28.8 Å². The standard InChI is InChI=1S/C16H17N3O2S/c1-9(2)14-13(10(3)18-21-14)15(20)19(4)16-17-11-7-5-6-8-12(11)22-16/h5-9H,1-4H3. The third-order valence-corrected chi connectivity index (χ3v) is 4.61. The summed E-state index contributed by atoms with van der Waals surface area (Å²) >= 11 is 1.49. The molecule has 3 rings (SSSR count). The second kappa shape index (κ2) is 5.53. The van der Waals surface area contributed by atoms with E-state index in [2.05, 4.69) is 10.1 Å². The van der Waals surface area contributed by atoms with Crippen LogP contribution < -0.4 is 4.90 Å². The number of aromatic nitrogens is 2. The van der Waals surface area contributed by atoms with Gasteiger partial charge in [-0.15, -0.1) is 0 Å². The van der Waals surface area contributed by atoms with Crippen LogP contribution in [0.5, 0.6) is 0 Å². The summed E-state index contributed by atoms with van der Waals surface area (Å²) in [5, 5.41) is 4.61. The zero-order valence-electron chi connectivity index (χ0n) is 13.0. The van der Waals surface area contributed by atoms with E-state index in [1.807, 2.05) is 38.1 Å². The number of rotatable bonds is 3. The molecule has 5 nitrogen and oxygen atoms in total. The van der Waals surface area contributed by atoms with Gasteiger partial charge in [-0.25, -0.2) is 4.98 Å². The van der Waals surface area contributed by atoms with Crippen LogP contribution in [0.2, 0.25) is 0 Å². The number of carbonyl (C=O) groups is 1. The highest BCUT2D eigenvalue weighted by Gasteiger charge is 2.27. The number of hydrogen-bond donors (Lipinski definition) is 0. The molecule has 22 heavy (non-hydrogen) atoms. The van der Waals surface area contributed by atoms with Gasteiger partial charge in [-0.1, -0.05) is 42.5 Å². The highest BCUT2D eigenvalue weighted by molar-refractivity contribution is 7.22. The van der Waals surface area contributed by atoms with Crippen LogP contribution in [0.3, 0.4) is 0 Å². The van der Waals surface area contributed by atoms with Crippen LogP contribution >= 0.6 is 11.3 Å². The number of aryl methyl sites for hydroxylation is 1. The van der Waals surface area contributed by atoms with Gasteiger partial charge in [0.15, 0.2) is 10.9 Å². The topological polar surface area (TPSA) is 59.2 Å². The average Bonchev–Trinajstić information content (AvgIpc) is 3.08. The minimum atomic E-state index is -0.137. The molecule has 2 heterocycles. The van der Waals surface area contributed by atoms with Crippen molar-refractivity contribution in [2.75, 3.05) is 11.9 Å². The van der Waals surface area contributed by atoms with E-state index in [1.165, 1.54) is 11.3 Å². The monoisotopic (exact) mass is 315 g/mol. The van der Waals surface area contributed by atoms with Gasteiger partial charge in [0, 0.05) is 13.0 Å². The first-order valence-corrected chi connectivity index (χ1v) is 7.90. The van der Waals surface area contributed by atoms with Gasteiger partial charge in [0.05, 0.1) is 15.9 Å². The van der Waals surface area contributed by atoms with Crippen molar-refractivity contribution in [3.05, 3.63) is 41.3 Å². The molecule has 0 spiro atoms. The van der Waals surface area contributed by atoms with Gasteiger partial charge < -0.3 is 4.52 Å². The molecule has 0 N–H and O–H groups in total. The summed E-state index contributed by atoms with van der Waals surface area (Å²) in [4.78, 5) is 18.9. The lowest BCUT2D eigenvalue weighted by Crippen LogP contribution is -2.27. The van der Waals surface area contributed by atoms with Crippen molar-refractivity contribution < 1.29 is 9.32 Å². The molecule has 0 aliphatic carbocycles. The molecule has 114 valence electrons. The average molecular weight is 315 g/mol. The molecule has 0 aliphatic rings. The van der Waals surface area contributed by atoms with Crippen molar-refractivity contribution in [1.82, 2.24) is 10.1 Å². The second-order valence-corrected chi connectivity index (χ2v) is 6.50. The predicted octanol–water partition coefficient (Wildman–Crippen LogP) is 3.99. The fourth-order valence-electron chi connectivity index (χ4n) is 2.30. The molecule has 0 fully saturated rings. The first-order valence-electron chi connectivity index (χ1n) is 7.09. The number of benzene rings is 1. The van der Waals surface area contributed by atoms with Crippen molar-refractivity contribution in [3.63, 3.8) is 0 Å². The van der Waals surface area contributed by atoms with Crippen LogP contribution in [0.1, 0.15) is 41.6 Å². The lowest BCUT2D eigenvalue weighted by atomic mass is 10.0. The van der Waals surface area contributed by atoms with Gasteiger partial charge in [0.25, 0.3) is 5.91 Å². The molecule has 0 atom stereocenters. The summed E-state index contributed by atoms with van der Waals surface area (Å²) in [6.45, 7) is 5.75. The first-order chi connectivity index (χ1) is 10.5. The maximum atomic E-state index is 12.8. The van der Waals surface area contributed by atoms with Crippen LogP contribution in [0.25, 0.3) is 10.2 Å². The van der Waals surface area contributed by atoms with Gasteiger partial charge in [-0.2, -0.15) is 0 Å². The number of hydrogen-bond acceptors (Lipinski definition) is 5. The second-order valence-electron chi connectivity index (χ2n) is 5.49. The maximum absolute atomic E-state index is 12.8. The molecule has 0 radical (unpaired) electrons. The SMILES string of the molecule is Cc1noc(C(C)C)c1C(=O)N(C)c1nc2ccccc2s1. The fourth-order valence-corrected chi connectivity index (χ4v) is 3.22. The fraction of sp³-hybridized carbons (Fsp3) is 0.312. The van der Waals surface area contributed by atoms with E-state index < -0.39 is 0 Å². The highest BCUT2D eigenvalue weighted by Crippen LogP contribution is 2.30. The lowest BCUT2D eigenvalue weighted by Gasteiger charge is -2.14. The zero-order valence-corrected chi connectivity index (χ0v) is 13.8. The van der Waals surface area contributed by atoms with Gasteiger partial charge >= 0.3 is 0 Å². The molecule has 0 saturated heterocycles. The van der Waals surface area contributed by atoms with E-state index in [1.54, 1.807) is 18.9 Å². The Bertz CT molecular complexity index is 802. The van der Waals surface area contributed by atoms with E-state index in [9.17, 15) is 4.79 Å². The Morgan fingerprint density at radius 2 is 2.05 bits per heavy atom. The molecular formula is C16H17N3O2S. The normalized spacial score (nSPS) is 11.3. The van der Waals surface area contributed by atoms with E-state index in [0.717, 1.165) is 10.2 Å². The Balaban J connectivity index is 1.99. The van der Waals surface area contributed by atoms with Crippen LogP contribution in [0, 0.1) is 6.92 Å². The quantitative estimate of drug-likeness (QED) is 0.733. The van der Waals surface area contributed by atoms with Crippen molar-refractivity contribution in [2.45, 2.75) is 26.7 Å². The van der Waals surface area contributed by atoms with E-state index in [0.29, 0.717) is 22.1 Å². The number of fused-ring (bicyclic) bond motifs is 1. The summed E-state index contributed by atoms with van der Waals surface area (Å²) in [7, 11) is 1.73. The van der Waals surface area contributed by atoms with Gasteiger partial charge in [-0.3, -0.25) is 9.69 Å². The Morgan fingerprint density at radius 1 is 1.32 bits per heavy atom. The minimum Gasteiger partial charge on any atom is -0.360 e. The van der Waals surface area contributed by atoms with Crippen molar-refractivity contribution in [1.29, 1.82) is 0 Å². The Kier molecular flexibility index (Phi) is 3.70. The molecular weight excluding hydrogens is 298 g/mol. The molecule has 0 aliphatic heterocycles. The van der Waals surface area contributed by atoms with E-state index in [4.69, 9.17) is 4.52 Å². The Labute approximate surface area is 132 Å². The maximum Gasteiger partial charge on any atom is 0.265 e. The molecule has 0 unspecified atom stereocenters. The van der Waals surface area contributed by atoms with Crippen LogP contribution in [-0.2, 0) is 0 Å². The molecule has 1 aromatic carbocycles. The smallest absolute Gasteiger partial charge is 0.265 e. The summed E-state index contributed by atoms with van der Waals surface area (Å²) in [5.41, 5.74) is 2.05. The minimum absolute atomic E-state index is 0.101. The van der Waals surface area contributed by atoms with Gasteiger partial charge in [0.2, 0.25) is 0 Å². The number of para-hydroxylation sites is 1. The summed E-state index contributed by atoms with van der Waals surface area (Å²) in [6.07, 6.45) is 0. The van der Waals surface area contributed by atoms with Gasteiger partial charge in [-0.05, 0) is 19.1 Å². The van der Waals surface area contributed by atoms with Crippen LogP contribution in [0.4, 0.5) is 5.13 Å². The molecule has 2 aromatic heterocycles. The van der Waals surface area contributed by atoms with E-state index >= 15 is 0 Å². The van der Waals surface area contributed by atoms with Gasteiger partial charge in [0.1, 0.15) is 5.56 Å². The van der Waals surface area contributed by atoms with Crippen molar-refractivity contribution in [2.24, 2.45) is 0 Å². The third kappa shape index (κ3) is 2.39. The molecule has 0 bridgehead atoms. The molecule has 0 saturated carbocycles. The summed E-state index contributed by atoms with van der Waals surface area (Å²) < 4.78 is 6.37. The number of anilines is 1. The molecule has 1 amide bonds. The third-order valence-electron chi connectivity index (χ3n) is 3.50. The zero-order chi connectivity index (χ0) is 15.9. The first kappa shape index (κ1) is 14.7. The number of amides is 1. The largest absolute Gasteiger partial charge is 0.360 e.